The lowest BCUT2D eigenvalue weighted by Gasteiger charge is -2.15. The minimum Gasteiger partial charge on any atom is -0.277 e. The second kappa shape index (κ2) is 8.13. The molecule has 0 fully saturated rings. The summed E-state index contributed by atoms with van der Waals surface area (Å²) in [6.45, 7) is 1.83. The van der Waals surface area contributed by atoms with Gasteiger partial charge in [0, 0.05) is 4.47 Å². The number of hydrogen-bond donors (Lipinski definition) is 2. The average Bonchev–Trinajstić information content (AvgIpc) is 2.63. The molecule has 3 aromatic carbocycles. The number of rotatable bonds is 6. The Morgan fingerprint density at radius 1 is 0.793 bits per heavy atom. The zero-order valence-electron chi connectivity index (χ0n) is 15.1. The molecule has 0 spiro atoms. The molecule has 152 valence electrons. The molecule has 0 aliphatic rings. The van der Waals surface area contributed by atoms with Gasteiger partial charge in [-0.3, -0.25) is 9.44 Å². The largest absolute Gasteiger partial charge is 0.277 e. The highest BCUT2D eigenvalue weighted by Gasteiger charge is 2.21. The van der Waals surface area contributed by atoms with Crippen LogP contribution in [0.3, 0.4) is 0 Å². The summed E-state index contributed by atoms with van der Waals surface area (Å²) in [6, 6.07) is 15.0. The maximum Gasteiger partial charge on any atom is 0.263 e. The molecular formula is C19H16BrFN2O4S2. The van der Waals surface area contributed by atoms with Crippen molar-refractivity contribution in [3.05, 3.63) is 82.6 Å². The van der Waals surface area contributed by atoms with E-state index in [9.17, 15) is 21.2 Å². The number of halogens is 2. The molecule has 0 saturated heterocycles. The number of nitrogens with one attached hydrogen (secondary N) is 2. The van der Waals surface area contributed by atoms with Crippen LogP contribution < -0.4 is 9.44 Å². The number of anilines is 2. The summed E-state index contributed by atoms with van der Waals surface area (Å²) in [5.41, 5.74) is 0.956. The molecule has 0 heterocycles. The molecule has 3 rings (SSSR count). The molecule has 0 amide bonds. The van der Waals surface area contributed by atoms with E-state index in [-0.39, 0.29) is 21.2 Å². The maximum atomic E-state index is 13.1. The van der Waals surface area contributed by atoms with Crippen LogP contribution in [0.5, 0.6) is 0 Å². The van der Waals surface area contributed by atoms with Gasteiger partial charge in [-0.25, -0.2) is 21.2 Å². The molecule has 0 unspecified atom stereocenters. The predicted molar refractivity (Wildman–Crippen MR) is 113 cm³/mol. The van der Waals surface area contributed by atoms with Gasteiger partial charge in [-0.15, -0.1) is 0 Å². The van der Waals surface area contributed by atoms with Crippen LogP contribution in [-0.2, 0) is 20.0 Å². The third kappa shape index (κ3) is 4.95. The summed E-state index contributed by atoms with van der Waals surface area (Å²) in [4.78, 5) is -0.142. The van der Waals surface area contributed by atoms with E-state index in [1.54, 1.807) is 24.3 Å². The molecule has 0 saturated carbocycles. The van der Waals surface area contributed by atoms with Gasteiger partial charge in [-0.05, 0) is 76.9 Å². The highest BCUT2D eigenvalue weighted by Crippen LogP contribution is 2.29. The van der Waals surface area contributed by atoms with E-state index >= 15 is 0 Å². The van der Waals surface area contributed by atoms with Crippen molar-refractivity contribution in [3.63, 3.8) is 0 Å². The molecular weight excluding hydrogens is 483 g/mol. The van der Waals surface area contributed by atoms with Crippen molar-refractivity contribution in [3.8, 4) is 0 Å². The van der Waals surface area contributed by atoms with E-state index in [0.29, 0.717) is 4.47 Å². The smallest absolute Gasteiger partial charge is 0.263 e. The molecule has 0 bridgehead atoms. The third-order valence-corrected chi connectivity index (χ3v) is 7.64. The molecule has 0 aliphatic carbocycles. The van der Waals surface area contributed by atoms with E-state index < -0.39 is 25.9 Å². The lowest BCUT2D eigenvalue weighted by atomic mass is 10.2. The summed E-state index contributed by atoms with van der Waals surface area (Å²) in [5, 5.41) is 0. The van der Waals surface area contributed by atoms with Crippen molar-refractivity contribution in [2.24, 2.45) is 0 Å². The Hall–Kier alpha value is -2.43. The molecule has 29 heavy (non-hydrogen) atoms. The van der Waals surface area contributed by atoms with Crippen LogP contribution in [-0.4, -0.2) is 16.8 Å². The second-order valence-electron chi connectivity index (χ2n) is 6.14. The van der Waals surface area contributed by atoms with Crippen molar-refractivity contribution in [2.45, 2.75) is 16.7 Å². The van der Waals surface area contributed by atoms with Crippen LogP contribution in [0.15, 0.2) is 81.0 Å². The Morgan fingerprint density at radius 3 is 1.90 bits per heavy atom. The van der Waals surface area contributed by atoms with Crippen molar-refractivity contribution < 1.29 is 21.2 Å². The van der Waals surface area contributed by atoms with Crippen LogP contribution in [0.4, 0.5) is 15.8 Å². The Balaban J connectivity index is 1.94. The summed E-state index contributed by atoms with van der Waals surface area (Å²) < 4.78 is 68.9. The van der Waals surface area contributed by atoms with Crippen LogP contribution in [0.25, 0.3) is 0 Å². The lowest BCUT2D eigenvalue weighted by Crippen LogP contribution is -2.18. The van der Waals surface area contributed by atoms with E-state index in [2.05, 4.69) is 25.4 Å². The molecule has 6 nitrogen and oxygen atoms in total. The van der Waals surface area contributed by atoms with E-state index in [4.69, 9.17) is 0 Å². The Kier molecular flexibility index (Phi) is 5.97. The fraction of sp³-hybridized carbons (Fsp3) is 0.0526. The van der Waals surface area contributed by atoms with E-state index in [0.717, 1.165) is 29.8 Å². The first-order valence-corrected chi connectivity index (χ1v) is 12.0. The van der Waals surface area contributed by atoms with Gasteiger partial charge in [-0.1, -0.05) is 18.2 Å². The van der Waals surface area contributed by atoms with Gasteiger partial charge in [0.15, 0.2) is 0 Å². The number of sulfonamides is 2. The van der Waals surface area contributed by atoms with Gasteiger partial charge in [-0.2, -0.15) is 0 Å². The summed E-state index contributed by atoms with van der Waals surface area (Å²) in [5.74, 6) is -0.569. The van der Waals surface area contributed by atoms with Gasteiger partial charge < -0.3 is 0 Å². The fourth-order valence-corrected chi connectivity index (χ4v) is 5.85. The van der Waals surface area contributed by atoms with Gasteiger partial charge in [0.05, 0.1) is 16.3 Å². The highest BCUT2D eigenvalue weighted by molar-refractivity contribution is 9.10. The first-order valence-electron chi connectivity index (χ1n) is 8.25. The zero-order valence-corrected chi connectivity index (χ0v) is 18.3. The van der Waals surface area contributed by atoms with Crippen molar-refractivity contribution in [1.82, 2.24) is 0 Å². The average molecular weight is 499 g/mol. The minimum atomic E-state index is -4.05. The normalized spacial score (nSPS) is 11.8. The van der Waals surface area contributed by atoms with Crippen LogP contribution in [0.2, 0.25) is 0 Å². The topological polar surface area (TPSA) is 92.3 Å². The SMILES string of the molecule is Cc1ccc(S(=O)(=O)Nc2ccccc2NS(=O)(=O)c2ccc(F)cc2)c(Br)c1. The zero-order chi connectivity index (χ0) is 21.2. The summed E-state index contributed by atoms with van der Waals surface area (Å²) >= 11 is 3.24. The number of hydrogen-bond acceptors (Lipinski definition) is 4. The minimum absolute atomic E-state index is 0.0132. The van der Waals surface area contributed by atoms with Crippen LogP contribution in [0.1, 0.15) is 5.56 Å². The molecule has 0 atom stereocenters. The fourth-order valence-electron chi connectivity index (χ4n) is 2.50. The first-order chi connectivity index (χ1) is 13.6. The Labute approximate surface area is 177 Å². The number of benzene rings is 3. The van der Waals surface area contributed by atoms with Gasteiger partial charge in [0.1, 0.15) is 10.7 Å². The Morgan fingerprint density at radius 2 is 1.34 bits per heavy atom. The van der Waals surface area contributed by atoms with Gasteiger partial charge in [0.2, 0.25) is 0 Å². The molecule has 10 heteroatoms. The Bertz CT molecular complexity index is 1260. The summed E-state index contributed by atoms with van der Waals surface area (Å²) in [7, 11) is -8.04. The van der Waals surface area contributed by atoms with Crippen LogP contribution >= 0.6 is 15.9 Å². The van der Waals surface area contributed by atoms with Gasteiger partial charge >= 0.3 is 0 Å². The quantitative estimate of drug-likeness (QED) is 0.523. The van der Waals surface area contributed by atoms with Gasteiger partial charge in [0.25, 0.3) is 20.0 Å². The molecule has 3 aromatic rings. The van der Waals surface area contributed by atoms with E-state index in [1.165, 1.54) is 18.2 Å². The molecule has 0 aromatic heterocycles. The number of para-hydroxylation sites is 2. The number of aryl methyl sites for hydroxylation is 1. The summed E-state index contributed by atoms with van der Waals surface area (Å²) in [6.07, 6.45) is 0. The van der Waals surface area contributed by atoms with E-state index in [1.807, 2.05) is 6.92 Å². The molecule has 0 radical (unpaired) electrons. The maximum absolute atomic E-state index is 13.1. The third-order valence-electron chi connectivity index (χ3n) is 3.92. The monoisotopic (exact) mass is 498 g/mol. The van der Waals surface area contributed by atoms with Crippen LogP contribution in [0, 0.1) is 12.7 Å². The van der Waals surface area contributed by atoms with Crippen molar-refractivity contribution >= 4 is 47.4 Å². The second-order valence-corrected chi connectivity index (χ2v) is 10.3. The molecule has 2 N–H and O–H groups in total. The van der Waals surface area contributed by atoms with Crippen molar-refractivity contribution in [2.75, 3.05) is 9.44 Å². The lowest BCUT2D eigenvalue weighted by molar-refractivity contribution is 0.597. The predicted octanol–water partition coefficient (Wildman–Crippen LogP) is 4.50. The highest BCUT2D eigenvalue weighted by atomic mass is 79.9. The first kappa shape index (κ1) is 21.3. The molecule has 0 aliphatic heterocycles. The standard InChI is InChI=1S/C19H16BrFN2O4S2/c1-13-6-11-19(16(20)12-13)29(26,27)23-18-5-3-2-4-17(18)22-28(24,25)15-9-7-14(21)8-10-15/h2-12,22-23H,1H3. The van der Waals surface area contributed by atoms with Crippen molar-refractivity contribution in [1.29, 1.82) is 0 Å².